The van der Waals surface area contributed by atoms with Crippen molar-refractivity contribution in [2.45, 2.75) is 6.54 Å². The number of nitrogens with zero attached hydrogens (tertiary/aromatic N) is 1. The second-order valence-electron chi connectivity index (χ2n) is 3.23. The van der Waals surface area contributed by atoms with E-state index in [1.807, 2.05) is 6.08 Å². The average molecular weight is 299 g/mol. The Labute approximate surface area is 102 Å². The fourth-order valence-electron chi connectivity index (χ4n) is 1.59. The molecule has 0 saturated heterocycles. The number of rotatable bonds is 2. The lowest BCUT2D eigenvalue weighted by Crippen LogP contribution is -2.19. The third-order valence-electron chi connectivity index (χ3n) is 2.26. The molecule has 0 unspecified atom stereocenters. The molecule has 0 bridgehead atoms. The standard InChI is InChI=1S/C12H13N.HI/c1-2-8-13-9-7-11-5-3-4-6-12(11)10-13;/h2-7,9H,1,8,10H2;1H. The quantitative estimate of drug-likeness (QED) is 0.598. The van der Waals surface area contributed by atoms with Crippen molar-refractivity contribution in [1.29, 1.82) is 0 Å². The number of hydrogen-bond acceptors (Lipinski definition) is 1. The molecule has 1 nitrogen and oxygen atoms in total. The smallest absolute Gasteiger partial charge is 0.0433 e. The van der Waals surface area contributed by atoms with Gasteiger partial charge in [0, 0.05) is 19.3 Å². The highest BCUT2D eigenvalue weighted by molar-refractivity contribution is 14.0. The van der Waals surface area contributed by atoms with Crippen LogP contribution in [0.15, 0.2) is 43.1 Å². The van der Waals surface area contributed by atoms with Crippen LogP contribution in [0.2, 0.25) is 0 Å². The van der Waals surface area contributed by atoms with Crippen LogP contribution in [-0.4, -0.2) is 11.4 Å². The van der Waals surface area contributed by atoms with E-state index in [-0.39, 0.29) is 24.0 Å². The number of hydrogen-bond donors (Lipinski definition) is 0. The summed E-state index contributed by atoms with van der Waals surface area (Å²) >= 11 is 0. The molecule has 0 radical (unpaired) electrons. The number of fused-ring (bicyclic) bond motifs is 1. The molecule has 0 amide bonds. The lowest BCUT2D eigenvalue weighted by atomic mass is 10.0. The predicted octanol–water partition coefficient (Wildman–Crippen LogP) is 3.28. The lowest BCUT2D eigenvalue weighted by molar-refractivity contribution is 0.407. The summed E-state index contributed by atoms with van der Waals surface area (Å²) in [5, 5.41) is 0. The van der Waals surface area contributed by atoms with E-state index in [1.54, 1.807) is 0 Å². The molecule has 0 fully saturated rings. The average Bonchev–Trinajstić information content (AvgIpc) is 2.18. The van der Waals surface area contributed by atoms with Crippen LogP contribution < -0.4 is 0 Å². The third kappa shape index (κ3) is 2.38. The van der Waals surface area contributed by atoms with Crippen molar-refractivity contribution in [2.24, 2.45) is 0 Å². The van der Waals surface area contributed by atoms with Gasteiger partial charge in [0.05, 0.1) is 0 Å². The van der Waals surface area contributed by atoms with Crippen LogP contribution in [0.5, 0.6) is 0 Å². The van der Waals surface area contributed by atoms with Crippen LogP contribution in [0.25, 0.3) is 6.08 Å². The summed E-state index contributed by atoms with van der Waals surface area (Å²) in [7, 11) is 0. The van der Waals surface area contributed by atoms with Crippen molar-refractivity contribution in [3.63, 3.8) is 0 Å². The molecule has 14 heavy (non-hydrogen) atoms. The Morgan fingerprint density at radius 2 is 2.14 bits per heavy atom. The first-order valence-electron chi connectivity index (χ1n) is 4.51. The maximum atomic E-state index is 3.74. The van der Waals surface area contributed by atoms with Gasteiger partial charge in [-0.05, 0) is 17.2 Å². The molecule has 1 aliphatic rings. The third-order valence-corrected chi connectivity index (χ3v) is 2.26. The second-order valence-corrected chi connectivity index (χ2v) is 3.23. The summed E-state index contributed by atoms with van der Waals surface area (Å²) < 4.78 is 0. The van der Waals surface area contributed by atoms with Gasteiger partial charge in [-0.1, -0.05) is 30.3 Å². The maximum Gasteiger partial charge on any atom is 0.0433 e. The van der Waals surface area contributed by atoms with E-state index in [4.69, 9.17) is 0 Å². The normalized spacial score (nSPS) is 13.0. The molecule has 0 saturated carbocycles. The molecule has 1 heterocycles. The molecule has 74 valence electrons. The molecule has 1 aromatic rings. The summed E-state index contributed by atoms with van der Waals surface area (Å²) in [5.74, 6) is 0. The highest BCUT2D eigenvalue weighted by atomic mass is 127. The summed E-state index contributed by atoms with van der Waals surface area (Å²) in [6.45, 7) is 5.66. The van der Waals surface area contributed by atoms with Gasteiger partial charge in [-0.3, -0.25) is 0 Å². The van der Waals surface area contributed by atoms with E-state index in [0.29, 0.717) is 0 Å². The van der Waals surface area contributed by atoms with Gasteiger partial charge in [0.25, 0.3) is 0 Å². The number of halogens is 1. The molecule has 2 heteroatoms. The first kappa shape index (κ1) is 11.3. The van der Waals surface area contributed by atoms with Crippen LogP contribution >= 0.6 is 24.0 Å². The van der Waals surface area contributed by atoms with E-state index in [2.05, 4.69) is 48.0 Å². The van der Waals surface area contributed by atoms with Crippen LogP contribution in [0, 0.1) is 0 Å². The zero-order valence-corrected chi connectivity index (χ0v) is 10.3. The van der Waals surface area contributed by atoms with Gasteiger partial charge in [0.15, 0.2) is 0 Å². The van der Waals surface area contributed by atoms with E-state index in [1.165, 1.54) is 11.1 Å². The van der Waals surface area contributed by atoms with Gasteiger partial charge < -0.3 is 4.90 Å². The van der Waals surface area contributed by atoms with Crippen molar-refractivity contribution < 1.29 is 0 Å². The number of benzene rings is 1. The Bertz CT molecular complexity index is 344. The van der Waals surface area contributed by atoms with Gasteiger partial charge in [-0.25, -0.2) is 0 Å². The Morgan fingerprint density at radius 1 is 1.36 bits per heavy atom. The van der Waals surface area contributed by atoms with Gasteiger partial charge in [0.1, 0.15) is 0 Å². The molecule has 0 atom stereocenters. The molecule has 1 aromatic carbocycles. The zero-order chi connectivity index (χ0) is 9.10. The Balaban J connectivity index is 0.000000980. The van der Waals surface area contributed by atoms with E-state index in [0.717, 1.165) is 13.1 Å². The Hall–Kier alpha value is -0.770. The Morgan fingerprint density at radius 3 is 2.93 bits per heavy atom. The van der Waals surface area contributed by atoms with E-state index < -0.39 is 0 Å². The van der Waals surface area contributed by atoms with Crippen molar-refractivity contribution in [2.75, 3.05) is 6.54 Å². The predicted molar refractivity (Wildman–Crippen MR) is 71.5 cm³/mol. The molecule has 0 aromatic heterocycles. The molecular formula is C12H14IN. The van der Waals surface area contributed by atoms with Gasteiger partial charge in [0.2, 0.25) is 0 Å². The summed E-state index contributed by atoms with van der Waals surface area (Å²) in [6, 6.07) is 8.49. The first-order valence-corrected chi connectivity index (χ1v) is 4.51. The molecule has 0 N–H and O–H groups in total. The van der Waals surface area contributed by atoms with E-state index in [9.17, 15) is 0 Å². The summed E-state index contributed by atoms with van der Waals surface area (Å²) in [4.78, 5) is 2.25. The van der Waals surface area contributed by atoms with E-state index >= 15 is 0 Å². The van der Waals surface area contributed by atoms with Crippen molar-refractivity contribution in [3.8, 4) is 0 Å². The molecule has 0 spiro atoms. The summed E-state index contributed by atoms with van der Waals surface area (Å²) in [6.07, 6.45) is 6.21. The first-order chi connectivity index (χ1) is 6.40. The molecular weight excluding hydrogens is 285 g/mol. The van der Waals surface area contributed by atoms with Crippen LogP contribution in [0.3, 0.4) is 0 Å². The zero-order valence-electron chi connectivity index (χ0n) is 8.02. The monoisotopic (exact) mass is 299 g/mol. The van der Waals surface area contributed by atoms with Crippen LogP contribution in [0.4, 0.5) is 0 Å². The van der Waals surface area contributed by atoms with Crippen molar-refractivity contribution in [3.05, 3.63) is 54.2 Å². The van der Waals surface area contributed by atoms with Crippen LogP contribution in [0.1, 0.15) is 11.1 Å². The largest absolute Gasteiger partial charge is 0.369 e. The summed E-state index contributed by atoms with van der Waals surface area (Å²) in [5.41, 5.74) is 2.73. The fraction of sp³-hybridized carbons (Fsp3) is 0.167. The second kappa shape index (κ2) is 5.20. The maximum absolute atomic E-state index is 3.74. The Kier molecular flexibility index (Phi) is 4.20. The minimum Gasteiger partial charge on any atom is -0.369 e. The van der Waals surface area contributed by atoms with Crippen LogP contribution in [-0.2, 0) is 6.54 Å². The molecule has 2 rings (SSSR count). The molecule has 1 aliphatic heterocycles. The van der Waals surface area contributed by atoms with Gasteiger partial charge >= 0.3 is 0 Å². The minimum absolute atomic E-state index is 0. The highest BCUT2D eigenvalue weighted by Crippen LogP contribution is 2.18. The SMILES string of the molecule is C=CCN1C=Cc2ccccc2C1.I. The van der Waals surface area contributed by atoms with Gasteiger partial charge in [-0.2, -0.15) is 0 Å². The highest BCUT2D eigenvalue weighted by Gasteiger charge is 2.07. The molecule has 0 aliphatic carbocycles. The topological polar surface area (TPSA) is 3.24 Å². The van der Waals surface area contributed by atoms with Crippen molar-refractivity contribution in [1.82, 2.24) is 4.90 Å². The minimum atomic E-state index is 0. The lowest BCUT2D eigenvalue weighted by Gasteiger charge is -2.23. The fourth-order valence-corrected chi connectivity index (χ4v) is 1.59. The van der Waals surface area contributed by atoms with Crippen molar-refractivity contribution >= 4 is 30.1 Å². The van der Waals surface area contributed by atoms with Gasteiger partial charge in [-0.15, -0.1) is 30.6 Å².